The number of pyridine rings is 1. The summed E-state index contributed by atoms with van der Waals surface area (Å²) in [6.07, 6.45) is -7.36. The third-order valence-electron chi connectivity index (χ3n) is 3.45. The molecule has 1 aromatic heterocycles. The molecule has 174 valence electrons. The molecule has 0 atom stereocenters. The van der Waals surface area contributed by atoms with E-state index < -0.39 is 23.5 Å². The van der Waals surface area contributed by atoms with Crippen molar-refractivity contribution in [3.63, 3.8) is 0 Å². The zero-order valence-corrected chi connectivity index (χ0v) is 19.1. The number of aliphatic hydroxyl groups is 1. The predicted molar refractivity (Wildman–Crippen MR) is 99.9 cm³/mol. The molecule has 31 heavy (non-hydrogen) atoms. The van der Waals surface area contributed by atoms with Gasteiger partial charge in [-0.2, -0.15) is 26.3 Å². The van der Waals surface area contributed by atoms with Gasteiger partial charge in [-0.1, -0.05) is 6.07 Å². The summed E-state index contributed by atoms with van der Waals surface area (Å²) >= 11 is 0. The summed E-state index contributed by atoms with van der Waals surface area (Å²) in [5, 5.41) is 8.36. The van der Waals surface area contributed by atoms with Gasteiger partial charge in [-0.05, 0) is 36.7 Å². The van der Waals surface area contributed by atoms with E-state index in [0.717, 1.165) is 0 Å². The van der Waals surface area contributed by atoms with E-state index >= 15 is 0 Å². The van der Waals surface area contributed by atoms with E-state index in [1.54, 1.807) is 25.1 Å². The Morgan fingerprint density at radius 2 is 1.65 bits per heavy atom. The Labute approximate surface area is 189 Å². The number of allylic oxidation sites excluding steroid dienone is 2. The first-order valence-electron chi connectivity index (χ1n) is 8.34. The maximum absolute atomic E-state index is 12.8. The molecule has 0 aliphatic carbocycles. The molecule has 0 saturated heterocycles. The maximum Gasteiger partial charge on any atom is 0.399 e. The largest absolute Gasteiger partial charge is 0.512 e. The number of nitrogens with zero attached hydrogens (tertiary/aromatic N) is 2. The Morgan fingerprint density at radius 3 is 2.03 bits per heavy atom. The fraction of sp³-hybridized carbons (Fsp3) is 0.300. The molecule has 2 aromatic rings. The standard InChI is InChI=1S/C15H11F6N2.C5H8O2.Pt/c1-23(2)12-3-4-22-13(8-12)9-5-10(14(16,17)18)7-11(6-9)15(19,20)21;1-4(6)3-5(2)7;/h3-5,7-8H,1-2H3;3,6H,1-2H3;/q-1;;/b;4-3-;. The van der Waals surface area contributed by atoms with E-state index in [-0.39, 0.29) is 49.9 Å². The number of hydrogen-bond acceptors (Lipinski definition) is 4. The second-order valence-electron chi connectivity index (χ2n) is 6.38. The molecule has 4 nitrogen and oxygen atoms in total. The molecule has 0 aliphatic rings. The van der Waals surface area contributed by atoms with Crippen molar-refractivity contribution in [2.75, 3.05) is 19.0 Å². The fourth-order valence-electron chi connectivity index (χ4n) is 2.16. The third-order valence-corrected chi connectivity index (χ3v) is 3.45. The van der Waals surface area contributed by atoms with Crippen LogP contribution >= 0.6 is 0 Å². The van der Waals surface area contributed by atoms with Crippen LogP contribution in [0.5, 0.6) is 0 Å². The molecule has 0 saturated carbocycles. The number of carbonyl (C=O) groups excluding carboxylic acids is 1. The van der Waals surface area contributed by atoms with Crippen LogP contribution in [-0.2, 0) is 38.2 Å². The van der Waals surface area contributed by atoms with Gasteiger partial charge < -0.3 is 15.0 Å². The Morgan fingerprint density at radius 1 is 1.06 bits per heavy atom. The topological polar surface area (TPSA) is 53.4 Å². The molecule has 0 fully saturated rings. The van der Waals surface area contributed by atoms with Crippen molar-refractivity contribution in [2.24, 2.45) is 0 Å². The molecule has 1 aromatic carbocycles. The second-order valence-corrected chi connectivity index (χ2v) is 6.38. The van der Waals surface area contributed by atoms with Gasteiger partial charge in [0.1, 0.15) is 0 Å². The first-order chi connectivity index (χ1) is 13.6. The van der Waals surface area contributed by atoms with Crippen LogP contribution in [0.25, 0.3) is 11.3 Å². The third kappa shape index (κ3) is 9.55. The van der Waals surface area contributed by atoms with Crippen molar-refractivity contribution in [3.05, 3.63) is 59.5 Å². The number of anilines is 1. The summed E-state index contributed by atoms with van der Waals surface area (Å²) in [6, 6.07) is 5.60. The molecular weight excluding hydrogens is 609 g/mol. The van der Waals surface area contributed by atoms with Crippen molar-refractivity contribution >= 4 is 11.5 Å². The Bertz CT molecular complexity index is 888. The van der Waals surface area contributed by atoms with Crippen molar-refractivity contribution in [1.29, 1.82) is 0 Å². The molecule has 1 N–H and O–H groups in total. The van der Waals surface area contributed by atoms with E-state index in [2.05, 4.69) is 4.98 Å². The SMILES string of the molecule is CC(=O)/C=C(/C)O.CN(C)c1ccnc(-c2[c-]c(C(F)(F)F)cc(C(F)(F)F)c2)c1.[Pt]. The molecular formula is C20H19F6N2O2Pt-. The van der Waals surface area contributed by atoms with E-state index in [1.165, 1.54) is 32.2 Å². The molecule has 0 unspecified atom stereocenters. The van der Waals surface area contributed by atoms with Gasteiger partial charge in [0.25, 0.3) is 0 Å². The maximum atomic E-state index is 12.8. The number of hydrogen-bond donors (Lipinski definition) is 1. The van der Waals surface area contributed by atoms with Gasteiger partial charge in [-0.25, -0.2) is 0 Å². The molecule has 0 aliphatic heterocycles. The summed E-state index contributed by atoms with van der Waals surface area (Å²) in [4.78, 5) is 15.5. The van der Waals surface area contributed by atoms with Crippen LogP contribution in [0.2, 0.25) is 0 Å². The van der Waals surface area contributed by atoms with Crippen LogP contribution in [0.15, 0.2) is 42.3 Å². The summed E-state index contributed by atoms with van der Waals surface area (Å²) in [5.41, 5.74) is -2.67. The predicted octanol–water partition coefficient (Wildman–Crippen LogP) is 5.69. The summed E-state index contributed by atoms with van der Waals surface area (Å²) in [6.45, 7) is 2.85. The van der Waals surface area contributed by atoms with E-state index in [1.807, 2.05) is 6.07 Å². The van der Waals surface area contributed by atoms with Crippen molar-refractivity contribution in [1.82, 2.24) is 4.98 Å². The fourth-order valence-corrected chi connectivity index (χ4v) is 2.16. The molecule has 0 bridgehead atoms. The number of aromatic nitrogens is 1. The number of rotatable bonds is 3. The van der Waals surface area contributed by atoms with E-state index in [0.29, 0.717) is 11.8 Å². The van der Waals surface area contributed by atoms with Gasteiger partial charge >= 0.3 is 12.4 Å². The molecule has 0 radical (unpaired) electrons. The number of alkyl halides is 6. The molecule has 0 spiro atoms. The Hall–Kier alpha value is -2.35. The quantitative estimate of drug-likeness (QED) is 0.206. The summed E-state index contributed by atoms with van der Waals surface area (Å²) in [7, 11) is 3.38. The monoisotopic (exact) mass is 628 g/mol. The average molecular weight is 628 g/mol. The van der Waals surface area contributed by atoms with Gasteiger partial charge in [0.15, 0.2) is 5.78 Å². The molecule has 0 amide bonds. The van der Waals surface area contributed by atoms with Crippen LogP contribution in [0.4, 0.5) is 32.0 Å². The van der Waals surface area contributed by atoms with Gasteiger partial charge in [0, 0.05) is 53.1 Å². The van der Waals surface area contributed by atoms with E-state index in [9.17, 15) is 31.1 Å². The first-order valence-corrected chi connectivity index (χ1v) is 8.34. The minimum Gasteiger partial charge on any atom is -0.512 e. The van der Waals surface area contributed by atoms with Crippen LogP contribution < -0.4 is 4.90 Å². The molecule has 2 rings (SSSR count). The van der Waals surface area contributed by atoms with Crippen molar-refractivity contribution < 1.29 is 57.3 Å². The molecule has 1 heterocycles. The average Bonchev–Trinajstić information content (AvgIpc) is 2.59. The van der Waals surface area contributed by atoms with Gasteiger partial charge in [-0.3, -0.25) is 4.79 Å². The zero-order valence-electron chi connectivity index (χ0n) is 16.8. The van der Waals surface area contributed by atoms with Crippen LogP contribution in [0, 0.1) is 6.07 Å². The van der Waals surface area contributed by atoms with Crippen molar-refractivity contribution in [3.8, 4) is 11.3 Å². The van der Waals surface area contributed by atoms with Gasteiger partial charge in [0.05, 0.1) is 5.76 Å². The minimum atomic E-state index is -4.94. The van der Waals surface area contributed by atoms with Crippen LogP contribution in [0.3, 0.4) is 0 Å². The van der Waals surface area contributed by atoms with Crippen molar-refractivity contribution in [2.45, 2.75) is 26.2 Å². The van der Waals surface area contributed by atoms with E-state index in [4.69, 9.17) is 5.11 Å². The Balaban J connectivity index is 0.000000975. The number of benzene rings is 1. The number of ketones is 1. The smallest absolute Gasteiger partial charge is 0.399 e. The number of carbonyl (C=O) groups is 1. The van der Waals surface area contributed by atoms with Crippen LogP contribution in [-0.4, -0.2) is 30.0 Å². The summed E-state index contributed by atoms with van der Waals surface area (Å²) < 4.78 is 77.0. The van der Waals surface area contributed by atoms with Crippen LogP contribution in [0.1, 0.15) is 25.0 Å². The Kier molecular flexibility index (Phi) is 10.5. The number of aliphatic hydroxyl groups excluding tert-OH is 1. The summed E-state index contributed by atoms with van der Waals surface area (Å²) in [5.74, 6) is -0.0625. The molecule has 11 heteroatoms. The normalized spacial score (nSPS) is 11.7. The zero-order chi connectivity index (χ0) is 23.3. The van der Waals surface area contributed by atoms with Gasteiger partial charge in [0.2, 0.25) is 0 Å². The van der Waals surface area contributed by atoms with Gasteiger partial charge in [-0.15, -0.1) is 23.8 Å². The second kappa shape index (κ2) is 11.3. The first kappa shape index (κ1) is 28.6. The number of halogens is 6. The minimum absolute atomic E-state index is 0.